The standard InChI is InChI=1S/C10H13N3O3S2/c1-8(7-17(2)14)13-18(15,16)10-4-3-9(5-11)12-6-10/h3-4,6,8,13H,7H2,1-2H3. The lowest BCUT2D eigenvalue weighted by Crippen LogP contribution is -2.36. The number of nitrogens with one attached hydrogen (secondary N) is 1. The average molecular weight is 287 g/mol. The minimum Gasteiger partial charge on any atom is -0.260 e. The molecule has 0 aliphatic rings. The lowest BCUT2D eigenvalue weighted by molar-refractivity contribution is 0.569. The van der Waals surface area contributed by atoms with E-state index >= 15 is 0 Å². The molecule has 8 heteroatoms. The van der Waals surface area contributed by atoms with Crippen molar-refractivity contribution in [2.75, 3.05) is 12.0 Å². The van der Waals surface area contributed by atoms with Gasteiger partial charge in [-0.1, -0.05) is 0 Å². The van der Waals surface area contributed by atoms with E-state index in [9.17, 15) is 12.6 Å². The largest absolute Gasteiger partial charge is 0.260 e. The molecular weight excluding hydrogens is 274 g/mol. The van der Waals surface area contributed by atoms with Crippen molar-refractivity contribution in [3.8, 4) is 6.07 Å². The topological polar surface area (TPSA) is 99.9 Å². The van der Waals surface area contributed by atoms with Gasteiger partial charge in [0.15, 0.2) is 0 Å². The van der Waals surface area contributed by atoms with Crippen molar-refractivity contribution in [3.63, 3.8) is 0 Å². The van der Waals surface area contributed by atoms with Crippen molar-refractivity contribution in [2.45, 2.75) is 17.9 Å². The van der Waals surface area contributed by atoms with E-state index in [0.717, 1.165) is 6.20 Å². The highest BCUT2D eigenvalue weighted by atomic mass is 32.2. The summed E-state index contributed by atoms with van der Waals surface area (Å²) >= 11 is 0. The van der Waals surface area contributed by atoms with Gasteiger partial charge in [-0.15, -0.1) is 0 Å². The number of pyridine rings is 1. The normalized spacial score (nSPS) is 14.7. The molecule has 0 saturated carbocycles. The minimum atomic E-state index is -3.69. The van der Waals surface area contributed by atoms with Crippen LogP contribution in [0, 0.1) is 11.3 Å². The van der Waals surface area contributed by atoms with Crippen molar-refractivity contribution in [3.05, 3.63) is 24.0 Å². The second kappa shape index (κ2) is 6.04. The Morgan fingerprint density at radius 1 is 1.56 bits per heavy atom. The van der Waals surface area contributed by atoms with E-state index in [4.69, 9.17) is 5.26 Å². The van der Waals surface area contributed by atoms with Crippen LogP contribution in [0.25, 0.3) is 0 Å². The quantitative estimate of drug-likeness (QED) is 0.821. The third-order valence-corrected chi connectivity index (χ3v) is 4.55. The van der Waals surface area contributed by atoms with Crippen molar-refractivity contribution in [2.24, 2.45) is 0 Å². The summed E-state index contributed by atoms with van der Waals surface area (Å²) in [5.74, 6) is 0.239. The van der Waals surface area contributed by atoms with E-state index in [-0.39, 0.29) is 16.3 Å². The number of hydrogen-bond donors (Lipinski definition) is 1. The first-order chi connectivity index (χ1) is 8.35. The summed E-state index contributed by atoms with van der Waals surface area (Å²) in [5.41, 5.74) is 0.150. The molecule has 2 atom stereocenters. The zero-order valence-electron chi connectivity index (χ0n) is 9.95. The van der Waals surface area contributed by atoms with Gasteiger partial charge < -0.3 is 0 Å². The van der Waals surface area contributed by atoms with E-state index in [0.29, 0.717) is 0 Å². The number of rotatable bonds is 5. The molecule has 0 fully saturated rings. The van der Waals surface area contributed by atoms with Gasteiger partial charge in [0, 0.05) is 35.0 Å². The maximum atomic E-state index is 11.9. The van der Waals surface area contributed by atoms with Crippen LogP contribution in [-0.2, 0) is 20.8 Å². The Hall–Kier alpha value is -1.30. The summed E-state index contributed by atoms with van der Waals surface area (Å²) in [7, 11) is -4.76. The minimum absolute atomic E-state index is 0.0183. The fraction of sp³-hybridized carbons (Fsp3) is 0.400. The summed E-state index contributed by atoms with van der Waals surface area (Å²) in [6.07, 6.45) is 2.63. The SMILES string of the molecule is CC(CS(C)=O)NS(=O)(=O)c1ccc(C#N)nc1. The average Bonchev–Trinajstić information content (AvgIpc) is 2.27. The highest BCUT2D eigenvalue weighted by molar-refractivity contribution is 7.89. The third-order valence-electron chi connectivity index (χ3n) is 2.00. The van der Waals surface area contributed by atoms with Crippen LogP contribution >= 0.6 is 0 Å². The van der Waals surface area contributed by atoms with E-state index in [2.05, 4.69) is 9.71 Å². The van der Waals surface area contributed by atoms with Crippen LogP contribution in [0.15, 0.2) is 23.2 Å². The molecule has 1 N–H and O–H groups in total. The maximum Gasteiger partial charge on any atom is 0.242 e. The molecular formula is C10H13N3O3S2. The van der Waals surface area contributed by atoms with E-state index < -0.39 is 26.9 Å². The number of sulfonamides is 1. The van der Waals surface area contributed by atoms with Gasteiger partial charge in [-0.05, 0) is 19.1 Å². The summed E-state index contributed by atoms with van der Waals surface area (Å²) < 4.78 is 37.2. The Bertz CT molecular complexity index is 575. The van der Waals surface area contributed by atoms with Crippen LogP contribution < -0.4 is 4.72 Å². The second-order valence-corrected chi connectivity index (χ2v) is 6.95. The molecule has 0 aliphatic carbocycles. The van der Waals surface area contributed by atoms with Crippen molar-refractivity contribution in [1.29, 1.82) is 5.26 Å². The number of nitriles is 1. The Labute approximate surface area is 109 Å². The van der Waals surface area contributed by atoms with Crippen molar-refractivity contribution < 1.29 is 12.6 Å². The Kier molecular flexibility index (Phi) is 4.95. The molecule has 0 radical (unpaired) electrons. The highest BCUT2D eigenvalue weighted by Gasteiger charge is 2.18. The molecule has 2 unspecified atom stereocenters. The second-order valence-electron chi connectivity index (χ2n) is 3.75. The van der Waals surface area contributed by atoms with Gasteiger partial charge in [-0.3, -0.25) is 4.21 Å². The Morgan fingerprint density at radius 2 is 2.22 bits per heavy atom. The van der Waals surface area contributed by atoms with Gasteiger partial charge in [0.05, 0.1) is 0 Å². The Balaban J connectivity index is 2.86. The molecule has 0 aliphatic heterocycles. The van der Waals surface area contributed by atoms with E-state index in [1.807, 2.05) is 0 Å². The van der Waals surface area contributed by atoms with Gasteiger partial charge >= 0.3 is 0 Å². The van der Waals surface area contributed by atoms with Gasteiger partial charge in [0.25, 0.3) is 0 Å². The summed E-state index contributed by atoms with van der Waals surface area (Å²) in [6, 6.07) is 4.01. The lowest BCUT2D eigenvalue weighted by Gasteiger charge is -2.12. The van der Waals surface area contributed by atoms with Crippen LogP contribution in [0.1, 0.15) is 12.6 Å². The molecule has 0 spiro atoms. The monoisotopic (exact) mass is 287 g/mol. The zero-order valence-corrected chi connectivity index (χ0v) is 11.6. The summed E-state index contributed by atoms with van der Waals surface area (Å²) in [5, 5.41) is 8.56. The first-order valence-electron chi connectivity index (χ1n) is 5.03. The number of hydrogen-bond acceptors (Lipinski definition) is 5. The van der Waals surface area contributed by atoms with E-state index in [1.54, 1.807) is 13.0 Å². The Morgan fingerprint density at radius 3 is 2.67 bits per heavy atom. The van der Waals surface area contributed by atoms with Crippen molar-refractivity contribution in [1.82, 2.24) is 9.71 Å². The summed E-state index contributed by atoms with van der Waals surface area (Å²) in [6.45, 7) is 1.63. The van der Waals surface area contributed by atoms with Gasteiger partial charge in [0.2, 0.25) is 10.0 Å². The zero-order chi connectivity index (χ0) is 13.8. The molecule has 0 saturated heterocycles. The maximum absolute atomic E-state index is 11.9. The molecule has 0 amide bonds. The highest BCUT2D eigenvalue weighted by Crippen LogP contribution is 2.08. The van der Waals surface area contributed by atoms with Crippen molar-refractivity contribution >= 4 is 20.8 Å². The van der Waals surface area contributed by atoms with Gasteiger partial charge in [-0.25, -0.2) is 18.1 Å². The third kappa shape index (κ3) is 4.18. The fourth-order valence-electron chi connectivity index (χ4n) is 1.32. The predicted molar refractivity (Wildman–Crippen MR) is 67.7 cm³/mol. The molecule has 1 aromatic heterocycles. The molecule has 98 valence electrons. The smallest absolute Gasteiger partial charge is 0.242 e. The van der Waals surface area contributed by atoms with Gasteiger partial charge in [0.1, 0.15) is 16.7 Å². The van der Waals surface area contributed by atoms with E-state index in [1.165, 1.54) is 18.4 Å². The van der Waals surface area contributed by atoms with Crippen LogP contribution in [0.5, 0.6) is 0 Å². The van der Waals surface area contributed by atoms with Crippen LogP contribution in [0.4, 0.5) is 0 Å². The fourth-order valence-corrected chi connectivity index (χ4v) is 3.41. The van der Waals surface area contributed by atoms with Crippen LogP contribution in [0.3, 0.4) is 0 Å². The molecule has 0 aromatic carbocycles. The lowest BCUT2D eigenvalue weighted by atomic mass is 10.4. The predicted octanol–water partition coefficient (Wildman–Crippen LogP) is -0.00142. The van der Waals surface area contributed by atoms with Crippen LogP contribution in [0.2, 0.25) is 0 Å². The van der Waals surface area contributed by atoms with Gasteiger partial charge in [-0.2, -0.15) is 5.26 Å². The molecule has 18 heavy (non-hydrogen) atoms. The summed E-state index contributed by atoms with van der Waals surface area (Å²) in [4.78, 5) is 3.67. The number of aromatic nitrogens is 1. The molecule has 1 aromatic rings. The van der Waals surface area contributed by atoms with Crippen LogP contribution in [-0.4, -0.2) is 35.7 Å². The first kappa shape index (κ1) is 14.8. The molecule has 1 rings (SSSR count). The molecule has 1 heterocycles. The first-order valence-corrected chi connectivity index (χ1v) is 8.24. The molecule has 6 nitrogen and oxygen atoms in total. The number of nitrogens with zero attached hydrogens (tertiary/aromatic N) is 2. The molecule has 0 bridgehead atoms.